The van der Waals surface area contributed by atoms with Gasteiger partial charge in [0.25, 0.3) is 0 Å². The topological polar surface area (TPSA) is 116 Å². The van der Waals surface area contributed by atoms with Crippen LogP contribution in [0.25, 0.3) is 10.4 Å². The molecule has 1 fully saturated rings. The van der Waals surface area contributed by atoms with Gasteiger partial charge < -0.3 is 25.2 Å². The van der Waals surface area contributed by atoms with Gasteiger partial charge in [-0.3, -0.25) is 4.79 Å². The van der Waals surface area contributed by atoms with Crippen molar-refractivity contribution in [3.63, 3.8) is 0 Å². The first kappa shape index (κ1) is 22.3. The van der Waals surface area contributed by atoms with Gasteiger partial charge in [-0.05, 0) is 59.6 Å². The van der Waals surface area contributed by atoms with Crippen molar-refractivity contribution in [3.8, 4) is 16.2 Å². The summed E-state index contributed by atoms with van der Waals surface area (Å²) >= 11 is 4.35. The molecule has 1 aliphatic rings. The molecule has 0 atom stereocenters. The fourth-order valence-electron chi connectivity index (χ4n) is 3.50. The number of aliphatic carboxylic acids is 1. The molecular formula is C20H21BrN2O6S. The molecule has 10 heteroatoms. The molecule has 0 aliphatic carbocycles. The van der Waals surface area contributed by atoms with E-state index in [-0.39, 0.29) is 22.6 Å². The van der Waals surface area contributed by atoms with Gasteiger partial charge in [0, 0.05) is 18.7 Å². The number of nitrogens with zero attached hydrogens (tertiary/aromatic N) is 1. The van der Waals surface area contributed by atoms with E-state index in [1.165, 1.54) is 6.92 Å². The van der Waals surface area contributed by atoms with E-state index in [2.05, 4.69) is 21.2 Å². The Labute approximate surface area is 185 Å². The molecule has 0 unspecified atom stereocenters. The summed E-state index contributed by atoms with van der Waals surface area (Å²) in [6.07, 6.45) is 1.70. The van der Waals surface area contributed by atoms with Crippen LogP contribution >= 0.6 is 27.3 Å². The predicted molar refractivity (Wildman–Crippen MR) is 117 cm³/mol. The normalized spacial score (nSPS) is 14.3. The molecule has 3 N–H and O–H groups in total. The van der Waals surface area contributed by atoms with Crippen LogP contribution in [0.2, 0.25) is 0 Å². The molecule has 0 spiro atoms. The first-order valence-electron chi connectivity index (χ1n) is 9.30. The van der Waals surface area contributed by atoms with Gasteiger partial charge in [0.05, 0.1) is 9.35 Å². The number of anilines is 1. The van der Waals surface area contributed by atoms with E-state index in [1.807, 2.05) is 24.3 Å². The van der Waals surface area contributed by atoms with Crippen molar-refractivity contribution in [1.82, 2.24) is 5.32 Å². The molecule has 2 heterocycles. The third-order valence-electron chi connectivity index (χ3n) is 4.74. The number of rotatable bonds is 7. The molecule has 0 saturated carbocycles. The van der Waals surface area contributed by atoms with Crippen LogP contribution in [-0.4, -0.2) is 53.8 Å². The van der Waals surface area contributed by atoms with E-state index in [4.69, 9.17) is 9.84 Å². The number of nitrogens with one attached hydrogen (secondary N) is 1. The SMILES string of the molecule is CC(=O)N(c1cccc(-c2sc(C(=O)O)c(OCC(=O)O)c2Br)c1)C1CCNCC1. The fraction of sp³-hybridized carbons (Fsp3) is 0.350. The molecule has 3 rings (SSSR count). The summed E-state index contributed by atoms with van der Waals surface area (Å²) < 4.78 is 5.59. The Morgan fingerprint density at radius 3 is 2.57 bits per heavy atom. The maximum Gasteiger partial charge on any atom is 0.349 e. The molecule has 1 amide bonds. The number of amides is 1. The molecule has 1 aliphatic heterocycles. The van der Waals surface area contributed by atoms with Crippen LogP contribution in [0.4, 0.5) is 5.69 Å². The minimum atomic E-state index is -1.21. The van der Waals surface area contributed by atoms with Crippen LogP contribution in [0.5, 0.6) is 5.75 Å². The van der Waals surface area contributed by atoms with Crippen molar-refractivity contribution in [1.29, 1.82) is 0 Å². The number of hydrogen-bond acceptors (Lipinski definition) is 6. The van der Waals surface area contributed by atoms with Crippen molar-refractivity contribution < 1.29 is 29.3 Å². The van der Waals surface area contributed by atoms with Gasteiger partial charge in [0.2, 0.25) is 5.91 Å². The van der Waals surface area contributed by atoms with Gasteiger partial charge in [0.1, 0.15) is 0 Å². The zero-order valence-electron chi connectivity index (χ0n) is 16.2. The largest absolute Gasteiger partial charge is 0.479 e. The van der Waals surface area contributed by atoms with E-state index in [1.54, 1.807) is 4.90 Å². The smallest absolute Gasteiger partial charge is 0.349 e. The quantitative estimate of drug-likeness (QED) is 0.537. The molecule has 1 saturated heterocycles. The highest BCUT2D eigenvalue weighted by Crippen LogP contribution is 2.46. The summed E-state index contributed by atoms with van der Waals surface area (Å²) in [6, 6.07) is 7.41. The predicted octanol–water partition coefficient (Wildman–Crippen LogP) is 3.44. The first-order chi connectivity index (χ1) is 14.3. The van der Waals surface area contributed by atoms with E-state index in [9.17, 15) is 19.5 Å². The highest BCUT2D eigenvalue weighted by Gasteiger charge is 2.27. The van der Waals surface area contributed by atoms with E-state index >= 15 is 0 Å². The van der Waals surface area contributed by atoms with Crippen molar-refractivity contribution in [3.05, 3.63) is 33.6 Å². The second-order valence-electron chi connectivity index (χ2n) is 6.81. The van der Waals surface area contributed by atoms with E-state index < -0.39 is 18.5 Å². The number of carbonyl (C=O) groups excluding carboxylic acids is 1. The minimum Gasteiger partial charge on any atom is -0.479 e. The maximum atomic E-state index is 12.4. The number of aromatic carboxylic acids is 1. The number of ether oxygens (including phenoxy) is 1. The van der Waals surface area contributed by atoms with E-state index in [0.29, 0.717) is 14.9 Å². The summed E-state index contributed by atoms with van der Waals surface area (Å²) in [4.78, 5) is 37.2. The summed E-state index contributed by atoms with van der Waals surface area (Å²) in [6.45, 7) is 2.58. The summed E-state index contributed by atoms with van der Waals surface area (Å²) in [7, 11) is 0. The zero-order valence-corrected chi connectivity index (χ0v) is 18.6. The van der Waals surface area contributed by atoms with Crippen LogP contribution in [0.1, 0.15) is 29.4 Å². The Kier molecular flexibility index (Phi) is 7.11. The molecule has 30 heavy (non-hydrogen) atoms. The number of halogens is 1. The fourth-order valence-corrected chi connectivity index (χ4v) is 5.38. The van der Waals surface area contributed by atoms with E-state index in [0.717, 1.165) is 43.0 Å². The molecule has 160 valence electrons. The van der Waals surface area contributed by atoms with Gasteiger partial charge in [-0.15, -0.1) is 11.3 Å². The average molecular weight is 497 g/mol. The summed E-state index contributed by atoms with van der Waals surface area (Å²) in [5.41, 5.74) is 1.44. The minimum absolute atomic E-state index is 0.0166. The lowest BCUT2D eigenvalue weighted by Crippen LogP contribution is -2.45. The number of benzene rings is 1. The third-order valence-corrected chi connectivity index (χ3v) is 6.97. The van der Waals surface area contributed by atoms with Gasteiger partial charge in [-0.1, -0.05) is 12.1 Å². The molecular weight excluding hydrogens is 476 g/mol. The number of hydrogen-bond donors (Lipinski definition) is 3. The molecule has 8 nitrogen and oxygen atoms in total. The Hall–Kier alpha value is -2.43. The van der Waals surface area contributed by atoms with Crippen molar-refractivity contribution in [2.45, 2.75) is 25.8 Å². The second kappa shape index (κ2) is 9.59. The van der Waals surface area contributed by atoms with Crippen molar-refractivity contribution in [2.24, 2.45) is 0 Å². The van der Waals surface area contributed by atoms with Gasteiger partial charge in [-0.2, -0.15) is 0 Å². The lowest BCUT2D eigenvalue weighted by Gasteiger charge is -2.34. The number of thiophene rings is 1. The number of carbonyl (C=O) groups is 3. The second-order valence-corrected chi connectivity index (χ2v) is 8.63. The van der Waals surface area contributed by atoms with Gasteiger partial charge in [-0.25, -0.2) is 9.59 Å². The maximum absolute atomic E-state index is 12.4. The monoisotopic (exact) mass is 496 g/mol. The Balaban J connectivity index is 2.00. The number of carboxylic acid groups (broad SMARTS) is 2. The van der Waals surface area contributed by atoms with Gasteiger partial charge >= 0.3 is 11.9 Å². The average Bonchev–Trinajstić information content (AvgIpc) is 3.04. The Bertz CT molecular complexity index is 970. The Morgan fingerprint density at radius 1 is 1.27 bits per heavy atom. The standard InChI is InChI=1S/C20H21BrN2O6S/c1-11(24)23(13-5-7-22-8-6-13)14-4-2-3-12(9-14)18-16(21)17(29-10-15(25)26)19(30-18)20(27)28/h2-4,9,13,22H,5-8,10H2,1H3,(H,25,26)(H,27,28). The summed E-state index contributed by atoms with van der Waals surface area (Å²) in [5.74, 6) is -2.48. The van der Waals surface area contributed by atoms with Crippen LogP contribution in [0, 0.1) is 0 Å². The molecule has 1 aromatic heterocycles. The van der Waals surface area contributed by atoms with Crippen LogP contribution in [0.3, 0.4) is 0 Å². The van der Waals surface area contributed by atoms with Crippen LogP contribution < -0.4 is 15.0 Å². The first-order valence-corrected chi connectivity index (χ1v) is 10.9. The number of carboxylic acids is 2. The van der Waals surface area contributed by atoms with Crippen LogP contribution in [-0.2, 0) is 9.59 Å². The molecule has 0 radical (unpaired) electrons. The lowest BCUT2D eigenvalue weighted by molar-refractivity contribution is -0.139. The number of piperidine rings is 1. The summed E-state index contributed by atoms with van der Waals surface area (Å²) in [5, 5.41) is 21.7. The van der Waals surface area contributed by atoms with Crippen LogP contribution in [0.15, 0.2) is 28.7 Å². The lowest BCUT2D eigenvalue weighted by atomic mass is 10.0. The van der Waals surface area contributed by atoms with Crippen molar-refractivity contribution in [2.75, 3.05) is 24.6 Å². The van der Waals surface area contributed by atoms with Gasteiger partial charge in [0.15, 0.2) is 17.2 Å². The Morgan fingerprint density at radius 2 is 1.97 bits per heavy atom. The third kappa shape index (κ3) is 4.82. The highest BCUT2D eigenvalue weighted by atomic mass is 79.9. The molecule has 2 aromatic rings. The molecule has 0 bridgehead atoms. The zero-order chi connectivity index (χ0) is 21.8. The molecule has 1 aromatic carbocycles. The highest BCUT2D eigenvalue weighted by molar-refractivity contribution is 9.10. The van der Waals surface area contributed by atoms with Crippen molar-refractivity contribution >= 4 is 50.8 Å².